The monoisotopic (exact) mass is 257 g/mol. The van der Waals surface area contributed by atoms with E-state index in [1.54, 1.807) is 7.11 Å². The lowest BCUT2D eigenvalue weighted by Gasteiger charge is -2.27. The highest BCUT2D eigenvalue weighted by Crippen LogP contribution is 2.06. The van der Waals surface area contributed by atoms with Crippen molar-refractivity contribution < 1.29 is 14.3 Å². The Morgan fingerprint density at radius 2 is 2.29 bits per heavy atom. The summed E-state index contributed by atoms with van der Waals surface area (Å²) in [5.74, 6) is -1.66. The van der Waals surface area contributed by atoms with Gasteiger partial charge < -0.3 is 10.1 Å². The van der Waals surface area contributed by atoms with Gasteiger partial charge in [-0.1, -0.05) is 0 Å². The normalized spacial score (nSPS) is 21.2. The lowest BCUT2D eigenvalue weighted by molar-refractivity contribution is -0.137. The highest BCUT2D eigenvalue weighted by Gasteiger charge is 2.35. The van der Waals surface area contributed by atoms with Crippen molar-refractivity contribution in [2.45, 2.75) is 6.42 Å². The predicted molar refractivity (Wildman–Crippen MR) is 66.9 cm³/mol. The number of ether oxygens (including phenoxy) is 1. The van der Waals surface area contributed by atoms with E-state index in [-0.39, 0.29) is 11.0 Å². The third-order valence-corrected chi connectivity index (χ3v) is 2.68. The molecule has 1 N–H and O–H groups in total. The van der Waals surface area contributed by atoms with Gasteiger partial charge in [-0.25, -0.2) is 0 Å². The number of hydrogen-bond donors (Lipinski definition) is 1. The van der Waals surface area contributed by atoms with Crippen LogP contribution in [-0.2, 0) is 14.3 Å². The average molecular weight is 257 g/mol. The summed E-state index contributed by atoms with van der Waals surface area (Å²) in [6.45, 7) is 1.13. The summed E-state index contributed by atoms with van der Waals surface area (Å²) in [5.41, 5.74) is 0. The Morgan fingerprint density at radius 1 is 1.59 bits per heavy atom. The first kappa shape index (κ1) is 13.7. The molecule has 0 aromatic heterocycles. The molecule has 0 bridgehead atoms. The molecule has 1 rings (SSSR count). The van der Waals surface area contributed by atoms with Crippen molar-refractivity contribution >= 4 is 35.4 Å². The van der Waals surface area contributed by atoms with Crippen molar-refractivity contribution in [2.75, 3.05) is 27.3 Å². The van der Waals surface area contributed by atoms with Gasteiger partial charge in [-0.2, -0.15) is 0 Å². The highest BCUT2D eigenvalue weighted by molar-refractivity contribution is 7.80. The first-order valence-corrected chi connectivity index (χ1v) is 5.60. The molecule has 0 aliphatic carbocycles. The van der Waals surface area contributed by atoms with Crippen LogP contribution < -0.4 is 5.32 Å². The van der Waals surface area contributed by atoms with Crippen LogP contribution in [0.3, 0.4) is 0 Å². The van der Waals surface area contributed by atoms with Crippen LogP contribution in [0.15, 0.2) is 4.99 Å². The van der Waals surface area contributed by atoms with Gasteiger partial charge in [0.1, 0.15) is 0 Å². The fraction of sp³-hybridized carbons (Fsp3) is 0.600. The van der Waals surface area contributed by atoms with Gasteiger partial charge in [0, 0.05) is 33.5 Å². The minimum Gasteiger partial charge on any atom is -0.385 e. The predicted octanol–water partition coefficient (Wildman–Crippen LogP) is -0.417. The van der Waals surface area contributed by atoms with Crippen molar-refractivity contribution in [1.29, 1.82) is 0 Å². The fourth-order valence-corrected chi connectivity index (χ4v) is 1.49. The van der Waals surface area contributed by atoms with Gasteiger partial charge in [-0.15, -0.1) is 0 Å². The quantitative estimate of drug-likeness (QED) is 0.314. The van der Waals surface area contributed by atoms with Crippen LogP contribution in [0.1, 0.15) is 6.42 Å². The molecule has 0 aromatic carbocycles. The van der Waals surface area contributed by atoms with E-state index in [4.69, 9.17) is 17.0 Å². The first-order chi connectivity index (χ1) is 8.07. The minimum absolute atomic E-state index is 0.129. The number of amides is 2. The number of nitrogens with one attached hydrogen (secondary N) is 1. The Bertz CT molecular complexity index is 357. The molecular formula is C10H15N3O3S. The van der Waals surface area contributed by atoms with Gasteiger partial charge in [0.05, 0.1) is 0 Å². The molecule has 0 spiro atoms. The number of rotatable bonds is 5. The topological polar surface area (TPSA) is 71.0 Å². The van der Waals surface area contributed by atoms with Crippen molar-refractivity contribution in [1.82, 2.24) is 10.2 Å². The second-order valence-corrected chi connectivity index (χ2v) is 3.96. The molecule has 17 heavy (non-hydrogen) atoms. The number of hydrogen-bond acceptors (Lipinski definition) is 5. The SMILES string of the molecule is COCCCN=C[C@@H]1C(=O)NC(=S)N(C)C1=O. The number of carbonyl (C=O) groups excluding carboxylic acids is 2. The summed E-state index contributed by atoms with van der Waals surface area (Å²) in [5, 5.41) is 2.57. The zero-order chi connectivity index (χ0) is 12.8. The molecule has 94 valence electrons. The van der Waals surface area contributed by atoms with Gasteiger partial charge in [-0.3, -0.25) is 19.5 Å². The Labute approximate surface area is 105 Å². The number of carbonyl (C=O) groups is 2. The molecule has 1 aliphatic rings. The lowest BCUT2D eigenvalue weighted by Crippen LogP contribution is -2.56. The summed E-state index contributed by atoms with van der Waals surface area (Å²) in [6.07, 6.45) is 2.12. The van der Waals surface area contributed by atoms with E-state index in [1.807, 2.05) is 0 Å². The third-order valence-electron chi connectivity index (χ3n) is 2.30. The van der Waals surface area contributed by atoms with E-state index in [9.17, 15) is 9.59 Å². The van der Waals surface area contributed by atoms with E-state index in [0.717, 1.165) is 6.42 Å². The van der Waals surface area contributed by atoms with Crippen LogP contribution in [0, 0.1) is 5.92 Å². The van der Waals surface area contributed by atoms with Gasteiger partial charge in [0.15, 0.2) is 11.0 Å². The van der Waals surface area contributed by atoms with Crippen LogP contribution in [0.2, 0.25) is 0 Å². The largest absolute Gasteiger partial charge is 0.385 e. The molecule has 1 fully saturated rings. The Hall–Kier alpha value is -1.34. The maximum absolute atomic E-state index is 11.7. The van der Waals surface area contributed by atoms with Crippen molar-refractivity contribution in [3.05, 3.63) is 0 Å². The zero-order valence-electron chi connectivity index (χ0n) is 9.80. The number of aliphatic imine (C=N–C) groups is 1. The highest BCUT2D eigenvalue weighted by atomic mass is 32.1. The molecule has 0 saturated carbocycles. The van der Waals surface area contributed by atoms with E-state index in [0.29, 0.717) is 13.2 Å². The van der Waals surface area contributed by atoms with Crippen LogP contribution >= 0.6 is 12.2 Å². The maximum atomic E-state index is 11.7. The third kappa shape index (κ3) is 3.57. The van der Waals surface area contributed by atoms with Gasteiger partial charge in [-0.05, 0) is 18.6 Å². The summed E-state index contributed by atoms with van der Waals surface area (Å²) in [7, 11) is 3.13. The Balaban J connectivity index is 2.54. The first-order valence-electron chi connectivity index (χ1n) is 5.19. The van der Waals surface area contributed by atoms with Crippen LogP contribution in [-0.4, -0.2) is 55.4 Å². The van der Waals surface area contributed by atoms with E-state index < -0.39 is 11.8 Å². The van der Waals surface area contributed by atoms with Crippen LogP contribution in [0.5, 0.6) is 0 Å². The van der Waals surface area contributed by atoms with Crippen molar-refractivity contribution in [3.8, 4) is 0 Å². The van der Waals surface area contributed by atoms with Crippen LogP contribution in [0.4, 0.5) is 0 Å². The molecule has 0 radical (unpaired) electrons. The summed E-state index contributed by atoms with van der Waals surface area (Å²) in [6, 6.07) is 0. The number of nitrogens with zero attached hydrogens (tertiary/aromatic N) is 2. The van der Waals surface area contributed by atoms with Crippen molar-refractivity contribution in [2.24, 2.45) is 10.9 Å². The molecular weight excluding hydrogens is 242 g/mol. The fourth-order valence-electron chi connectivity index (χ4n) is 1.30. The molecule has 0 unspecified atom stereocenters. The summed E-state index contributed by atoms with van der Waals surface area (Å²) >= 11 is 4.82. The number of methoxy groups -OCH3 is 1. The maximum Gasteiger partial charge on any atom is 0.246 e. The van der Waals surface area contributed by atoms with E-state index >= 15 is 0 Å². The molecule has 1 saturated heterocycles. The Kier molecular flexibility index (Phi) is 5.17. The smallest absolute Gasteiger partial charge is 0.246 e. The standard InChI is InChI=1S/C10H15N3O3S/c1-13-9(15)7(8(14)12-10(13)17)6-11-4-3-5-16-2/h6-7H,3-5H2,1-2H3,(H,12,14,17)/t7-/m1/s1. The Morgan fingerprint density at radius 3 is 2.94 bits per heavy atom. The van der Waals surface area contributed by atoms with Gasteiger partial charge in [0.25, 0.3) is 0 Å². The van der Waals surface area contributed by atoms with E-state index in [1.165, 1.54) is 18.2 Å². The van der Waals surface area contributed by atoms with Gasteiger partial charge >= 0.3 is 0 Å². The molecule has 1 aliphatic heterocycles. The lowest BCUT2D eigenvalue weighted by atomic mass is 10.1. The second-order valence-electron chi connectivity index (χ2n) is 3.57. The molecule has 6 nitrogen and oxygen atoms in total. The van der Waals surface area contributed by atoms with Crippen molar-refractivity contribution in [3.63, 3.8) is 0 Å². The zero-order valence-corrected chi connectivity index (χ0v) is 10.6. The number of thiocarbonyl (C=S) groups is 1. The van der Waals surface area contributed by atoms with Gasteiger partial charge in [0.2, 0.25) is 11.8 Å². The summed E-state index contributed by atoms with van der Waals surface area (Å²) < 4.78 is 4.86. The molecule has 1 heterocycles. The van der Waals surface area contributed by atoms with E-state index in [2.05, 4.69) is 10.3 Å². The molecule has 7 heteroatoms. The molecule has 1 atom stereocenters. The summed E-state index contributed by atoms with van der Waals surface area (Å²) in [4.78, 5) is 28.5. The molecule has 2 amide bonds. The average Bonchev–Trinajstić information content (AvgIpc) is 2.30. The second kappa shape index (κ2) is 6.41. The van der Waals surface area contributed by atoms with Crippen LogP contribution in [0.25, 0.3) is 0 Å². The molecule has 0 aromatic rings. The minimum atomic E-state index is -0.880.